The molecule has 6 nitrogen and oxygen atoms in total. The number of benzene rings is 1. The molecule has 1 unspecified atom stereocenters. The van der Waals surface area contributed by atoms with Crippen LogP contribution in [0, 0.1) is 0 Å². The lowest BCUT2D eigenvalue weighted by Gasteiger charge is -2.10. The van der Waals surface area contributed by atoms with Crippen LogP contribution in [0.4, 0.5) is 5.69 Å². The maximum atomic E-state index is 12.4. The van der Waals surface area contributed by atoms with Crippen molar-refractivity contribution in [3.8, 4) is 0 Å². The van der Waals surface area contributed by atoms with Crippen molar-refractivity contribution < 1.29 is 9.53 Å². The summed E-state index contributed by atoms with van der Waals surface area (Å²) in [6.45, 7) is 4.41. The minimum absolute atomic E-state index is 0.00449. The summed E-state index contributed by atoms with van der Waals surface area (Å²) in [5.74, 6) is -0.616. The molecule has 21 heavy (non-hydrogen) atoms. The molecule has 4 N–H and O–H groups in total. The first-order valence-corrected chi connectivity index (χ1v) is 6.85. The number of H-pyrrole nitrogens is 1. The Morgan fingerprint density at radius 3 is 2.90 bits per heavy atom. The molecule has 0 bridgehead atoms. The van der Waals surface area contributed by atoms with E-state index in [0.29, 0.717) is 17.4 Å². The van der Waals surface area contributed by atoms with Gasteiger partial charge in [0.15, 0.2) is 0 Å². The smallest absolute Gasteiger partial charge is 0.343 e. The molecule has 1 aromatic heterocycles. The van der Waals surface area contributed by atoms with Crippen LogP contribution in [-0.4, -0.2) is 30.1 Å². The van der Waals surface area contributed by atoms with Gasteiger partial charge in [0.1, 0.15) is 5.56 Å². The third kappa shape index (κ3) is 3.41. The molecule has 0 aliphatic carbocycles. The monoisotopic (exact) mass is 289 g/mol. The van der Waals surface area contributed by atoms with Gasteiger partial charge in [0.05, 0.1) is 6.61 Å². The number of ether oxygens (including phenoxy) is 1. The maximum absolute atomic E-state index is 12.4. The molecular formula is C15H19N3O3. The van der Waals surface area contributed by atoms with Crippen molar-refractivity contribution in [1.82, 2.24) is 4.98 Å². The molecule has 1 aromatic carbocycles. The van der Waals surface area contributed by atoms with Gasteiger partial charge in [-0.3, -0.25) is 4.79 Å². The van der Waals surface area contributed by atoms with Gasteiger partial charge in [-0.05, 0) is 32.0 Å². The highest BCUT2D eigenvalue weighted by molar-refractivity contribution is 5.94. The van der Waals surface area contributed by atoms with Crippen LogP contribution in [0.15, 0.2) is 29.2 Å². The second-order valence-electron chi connectivity index (χ2n) is 4.87. The molecule has 0 saturated carbocycles. The second-order valence-corrected chi connectivity index (χ2v) is 4.87. The molecule has 0 radical (unpaired) electrons. The van der Waals surface area contributed by atoms with E-state index in [2.05, 4.69) is 10.3 Å². The van der Waals surface area contributed by atoms with Gasteiger partial charge in [-0.25, -0.2) is 4.79 Å². The van der Waals surface area contributed by atoms with Gasteiger partial charge in [0.25, 0.3) is 0 Å². The summed E-state index contributed by atoms with van der Waals surface area (Å²) in [4.78, 5) is 27.0. The van der Waals surface area contributed by atoms with Crippen molar-refractivity contribution in [2.45, 2.75) is 19.9 Å². The van der Waals surface area contributed by atoms with Crippen LogP contribution in [-0.2, 0) is 4.74 Å². The van der Waals surface area contributed by atoms with E-state index in [1.165, 1.54) is 6.20 Å². The Balaban J connectivity index is 2.42. The predicted octanol–water partition coefficient (Wildman–Crippen LogP) is 1.46. The molecule has 0 aliphatic rings. The van der Waals surface area contributed by atoms with Gasteiger partial charge in [0, 0.05) is 35.4 Å². The van der Waals surface area contributed by atoms with Crippen molar-refractivity contribution in [3.05, 3.63) is 40.2 Å². The number of anilines is 1. The average molecular weight is 289 g/mol. The van der Waals surface area contributed by atoms with E-state index in [-0.39, 0.29) is 23.6 Å². The minimum Gasteiger partial charge on any atom is -0.462 e. The molecule has 112 valence electrons. The summed E-state index contributed by atoms with van der Waals surface area (Å²) in [6.07, 6.45) is 1.39. The lowest BCUT2D eigenvalue weighted by Crippen LogP contribution is -2.25. The van der Waals surface area contributed by atoms with E-state index < -0.39 is 5.97 Å². The summed E-state index contributed by atoms with van der Waals surface area (Å²) >= 11 is 0. The van der Waals surface area contributed by atoms with Crippen molar-refractivity contribution in [2.24, 2.45) is 5.73 Å². The molecule has 0 amide bonds. The molecular weight excluding hydrogens is 270 g/mol. The SMILES string of the molecule is CCOC(=O)c1c[nH]c2ccc(NCC(C)N)cc2c1=O. The predicted molar refractivity (Wildman–Crippen MR) is 82.7 cm³/mol. The minimum atomic E-state index is -0.616. The summed E-state index contributed by atoms with van der Waals surface area (Å²) in [5.41, 5.74) is 6.81. The molecule has 6 heteroatoms. The van der Waals surface area contributed by atoms with Crippen LogP contribution in [0.3, 0.4) is 0 Å². The number of fused-ring (bicyclic) bond motifs is 1. The van der Waals surface area contributed by atoms with Gasteiger partial charge in [-0.1, -0.05) is 0 Å². The van der Waals surface area contributed by atoms with Crippen molar-refractivity contribution in [1.29, 1.82) is 0 Å². The Morgan fingerprint density at radius 1 is 1.48 bits per heavy atom. The van der Waals surface area contributed by atoms with E-state index in [1.807, 2.05) is 13.0 Å². The third-order valence-corrected chi connectivity index (χ3v) is 3.00. The molecule has 0 fully saturated rings. The average Bonchev–Trinajstić information content (AvgIpc) is 2.46. The fraction of sp³-hybridized carbons (Fsp3) is 0.333. The molecule has 0 spiro atoms. The van der Waals surface area contributed by atoms with Crippen LogP contribution in [0.2, 0.25) is 0 Å². The van der Waals surface area contributed by atoms with Crippen molar-refractivity contribution in [2.75, 3.05) is 18.5 Å². The van der Waals surface area contributed by atoms with Crippen LogP contribution in [0.5, 0.6) is 0 Å². The fourth-order valence-corrected chi connectivity index (χ4v) is 1.97. The highest BCUT2D eigenvalue weighted by atomic mass is 16.5. The second kappa shape index (κ2) is 6.41. The third-order valence-electron chi connectivity index (χ3n) is 3.00. The first-order valence-electron chi connectivity index (χ1n) is 6.85. The maximum Gasteiger partial charge on any atom is 0.343 e. The number of hydrogen-bond donors (Lipinski definition) is 3. The number of aromatic amines is 1. The van der Waals surface area contributed by atoms with E-state index in [1.54, 1.807) is 19.1 Å². The van der Waals surface area contributed by atoms with Crippen LogP contribution in [0.1, 0.15) is 24.2 Å². The van der Waals surface area contributed by atoms with Crippen LogP contribution < -0.4 is 16.5 Å². The Morgan fingerprint density at radius 2 is 2.24 bits per heavy atom. The zero-order valence-corrected chi connectivity index (χ0v) is 12.1. The zero-order chi connectivity index (χ0) is 15.4. The largest absolute Gasteiger partial charge is 0.462 e. The Bertz CT molecular complexity index is 707. The number of pyridine rings is 1. The molecule has 1 heterocycles. The number of nitrogens with one attached hydrogen (secondary N) is 2. The van der Waals surface area contributed by atoms with Crippen LogP contribution in [0.25, 0.3) is 10.9 Å². The highest BCUT2D eigenvalue weighted by Crippen LogP contribution is 2.15. The molecule has 1 atom stereocenters. The number of aromatic nitrogens is 1. The van der Waals surface area contributed by atoms with Gasteiger partial charge in [-0.15, -0.1) is 0 Å². The molecule has 2 aromatic rings. The van der Waals surface area contributed by atoms with Crippen LogP contribution >= 0.6 is 0 Å². The Labute approximate surface area is 122 Å². The first-order chi connectivity index (χ1) is 10.0. The van der Waals surface area contributed by atoms with Crippen molar-refractivity contribution in [3.63, 3.8) is 0 Å². The normalized spacial score (nSPS) is 12.1. The summed E-state index contributed by atoms with van der Waals surface area (Å²) < 4.78 is 4.88. The van der Waals surface area contributed by atoms with E-state index in [0.717, 1.165) is 5.69 Å². The van der Waals surface area contributed by atoms with E-state index >= 15 is 0 Å². The number of esters is 1. The molecule has 0 saturated heterocycles. The standard InChI is InChI=1S/C15H19N3O3/c1-3-21-15(20)12-8-18-13-5-4-10(17-7-9(2)16)6-11(13)14(12)19/h4-6,8-9,17H,3,7,16H2,1-2H3,(H,18,19). The Hall–Kier alpha value is -2.34. The summed E-state index contributed by atoms with van der Waals surface area (Å²) in [5, 5.41) is 3.58. The quantitative estimate of drug-likeness (QED) is 0.724. The van der Waals surface area contributed by atoms with E-state index in [4.69, 9.17) is 10.5 Å². The Kier molecular flexibility index (Phi) is 4.59. The van der Waals surface area contributed by atoms with E-state index in [9.17, 15) is 9.59 Å². The van der Waals surface area contributed by atoms with Gasteiger partial charge >= 0.3 is 5.97 Å². The van der Waals surface area contributed by atoms with Gasteiger partial charge < -0.3 is 20.8 Å². The summed E-state index contributed by atoms with van der Waals surface area (Å²) in [6, 6.07) is 5.35. The number of rotatable bonds is 5. The number of hydrogen-bond acceptors (Lipinski definition) is 5. The number of nitrogens with two attached hydrogens (primary N) is 1. The first kappa shape index (κ1) is 15.1. The topological polar surface area (TPSA) is 97.2 Å². The van der Waals surface area contributed by atoms with Crippen molar-refractivity contribution >= 4 is 22.6 Å². The van der Waals surface area contributed by atoms with Gasteiger partial charge in [-0.2, -0.15) is 0 Å². The number of carbonyl (C=O) groups is 1. The van der Waals surface area contributed by atoms with Gasteiger partial charge in [0.2, 0.25) is 5.43 Å². The fourth-order valence-electron chi connectivity index (χ4n) is 1.97. The zero-order valence-electron chi connectivity index (χ0n) is 12.1. The molecule has 2 rings (SSSR count). The number of carbonyl (C=O) groups excluding carboxylic acids is 1. The molecule has 0 aliphatic heterocycles. The summed E-state index contributed by atoms with van der Waals surface area (Å²) in [7, 11) is 0. The lowest BCUT2D eigenvalue weighted by molar-refractivity contribution is 0.0524. The lowest BCUT2D eigenvalue weighted by atomic mass is 10.1. The highest BCUT2D eigenvalue weighted by Gasteiger charge is 2.14.